The highest BCUT2D eigenvalue weighted by atomic mass is 16.4. The topological polar surface area (TPSA) is 97.1 Å². The van der Waals surface area contributed by atoms with Crippen LogP contribution in [0.1, 0.15) is 26.4 Å². The van der Waals surface area contributed by atoms with Gasteiger partial charge in [0.25, 0.3) is 5.91 Å². The molecule has 3 aromatic rings. The first-order chi connectivity index (χ1) is 11.6. The van der Waals surface area contributed by atoms with Crippen molar-refractivity contribution in [3.63, 3.8) is 0 Å². The number of aromatic nitrogens is 3. The Kier molecular flexibility index (Phi) is 4.33. The third kappa shape index (κ3) is 3.46. The van der Waals surface area contributed by atoms with E-state index in [1.165, 1.54) is 12.1 Å². The van der Waals surface area contributed by atoms with E-state index in [0.29, 0.717) is 12.5 Å². The van der Waals surface area contributed by atoms with Gasteiger partial charge in [-0.2, -0.15) is 0 Å². The van der Waals surface area contributed by atoms with Crippen LogP contribution in [0.2, 0.25) is 0 Å². The quantitative estimate of drug-likeness (QED) is 0.751. The molecule has 0 atom stereocenters. The van der Waals surface area contributed by atoms with Crippen molar-refractivity contribution < 1.29 is 14.7 Å². The van der Waals surface area contributed by atoms with Crippen LogP contribution < -0.4 is 5.32 Å². The van der Waals surface area contributed by atoms with Crippen molar-refractivity contribution >= 4 is 17.8 Å². The van der Waals surface area contributed by atoms with Crippen LogP contribution in [0, 0.1) is 0 Å². The molecule has 3 rings (SSSR count). The molecule has 0 saturated carbocycles. The van der Waals surface area contributed by atoms with Crippen molar-refractivity contribution in [3.8, 4) is 0 Å². The van der Waals surface area contributed by atoms with Crippen LogP contribution in [-0.4, -0.2) is 31.5 Å². The van der Waals surface area contributed by atoms with E-state index in [1.54, 1.807) is 17.0 Å². The molecule has 1 amide bonds. The zero-order valence-corrected chi connectivity index (χ0v) is 12.6. The smallest absolute Gasteiger partial charge is 0.337 e. The number of nitrogens with one attached hydrogen (secondary N) is 1. The number of aromatic carboxylic acids is 1. The van der Waals surface area contributed by atoms with Gasteiger partial charge in [-0.3, -0.25) is 15.1 Å². The van der Waals surface area contributed by atoms with Gasteiger partial charge in [0.15, 0.2) is 0 Å². The number of carboxylic acids is 1. The molecule has 0 saturated heterocycles. The van der Waals surface area contributed by atoms with Gasteiger partial charge in [-0.25, -0.2) is 9.78 Å². The third-order valence-electron chi connectivity index (χ3n) is 3.38. The van der Waals surface area contributed by atoms with Gasteiger partial charge in [-0.15, -0.1) is 0 Å². The molecule has 0 aliphatic heterocycles. The second-order valence-electron chi connectivity index (χ2n) is 5.06. The molecule has 0 bridgehead atoms. The van der Waals surface area contributed by atoms with Crippen molar-refractivity contribution in [3.05, 3.63) is 77.9 Å². The van der Waals surface area contributed by atoms with E-state index in [9.17, 15) is 9.59 Å². The molecule has 0 fully saturated rings. The maximum absolute atomic E-state index is 12.2. The van der Waals surface area contributed by atoms with E-state index < -0.39 is 11.9 Å². The van der Waals surface area contributed by atoms with Gasteiger partial charge in [0.2, 0.25) is 5.95 Å². The molecular formula is C17H14N4O3. The lowest BCUT2D eigenvalue weighted by Gasteiger charge is -2.09. The number of carboxylic acid groups (broad SMARTS) is 1. The fourth-order valence-corrected chi connectivity index (χ4v) is 2.16. The first kappa shape index (κ1) is 15.4. The van der Waals surface area contributed by atoms with E-state index in [0.717, 1.165) is 11.8 Å². The third-order valence-corrected chi connectivity index (χ3v) is 3.38. The van der Waals surface area contributed by atoms with E-state index in [2.05, 4.69) is 15.3 Å². The summed E-state index contributed by atoms with van der Waals surface area (Å²) in [6, 6.07) is 12.5. The van der Waals surface area contributed by atoms with Crippen LogP contribution in [0.15, 0.2) is 61.1 Å². The maximum Gasteiger partial charge on any atom is 0.337 e. The molecule has 0 aliphatic carbocycles. The van der Waals surface area contributed by atoms with Crippen LogP contribution in [-0.2, 0) is 6.54 Å². The maximum atomic E-state index is 12.2. The SMILES string of the molecule is O=C(O)c1ccc(C(=O)Nc2nccn2Cc2ccccc2)nc1. The Labute approximate surface area is 137 Å². The van der Waals surface area contributed by atoms with Crippen LogP contribution in [0.5, 0.6) is 0 Å². The fourth-order valence-electron chi connectivity index (χ4n) is 2.16. The van der Waals surface area contributed by atoms with Gasteiger partial charge in [-0.1, -0.05) is 30.3 Å². The van der Waals surface area contributed by atoms with E-state index >= 15 is 0 Å². The first-order valence-electron chi connectivity index (χ1n) is 7.19. The normalized spacial score (nSPS) is 10.3. The van der Waals surface area contributed by atoms with Gasteiger partial charge in [0.05, 0.1) is 12.1 Å². The number of benzene rings is 1. The van der Waals surface area contributed by atoms with Gasteiger partial charge in [0.1, 0.15) is 5.69 Å². The van der Waals surface area contributed by atoms with Crippen LogP contribution >= 0.6 is 0 Å². The highest BCUT2D eigenvalue weighted by Gasteiger charge is 2.12. The van der Waals surface area contributed by atoms with Gasteiger partial charge in [0, 0.05) is 18.6 Å². The fraction of sp³-hybridized carbons (Fsp3) is 0.0588. The monoisotopic (exact) mass is 322 g/mol. The van der Waals surface area contributed by atoms with Gasteiger partial charge < -0.3 is 9.67 Å². The van der Waals surface area contributed by atoms with Crippen molar-refractivity contribution in [1.29, 1.82) is 0 Å². The molecule has 0 unspecified atom stereocenters. The Bertz CT molecular complexity index is 857. The minimum absolute atomic E-state index is 0.0251. The lowest BCUT2D eigenvalue weighted by atomic mass is 10.2. The highest BCUT2D eigenvalue weighted by molar-refractivity contribution is 6.02. The van der Waals surface area contributed by atoms with Gasteiger partial charge >= 0.3 is 5.97 Å². The number of pyridine rings is 1. The number of hydrogen-bond donors (Lipinski definition) is 2. The number of carbonyl (C=O) groups excluding carboxylic acids is 1. The van der Waals surface area contributed by atoms with Crippen LogP contribution in [0.3, 0.4) is 0 Å². The van der Waals surface area contributed by atoms with Crippen LogP contribution in [0.4, 0.5) is 5.95 Å². The Morgan fingerprint density at radius 2 is 1.88 bits per heavy atom. The number of rotatable bonds is 5. The highest BCUT2D eigenvalue weighted by Crippen LogP contribution is 2.11. The predicted octanol–water partition coefficient (Wildman–Crippen LogP) is 2.28. The Morgan fingerprint density at radius 3 is 2.54 bits per heavy atom. The molecule has 0 spiro atoms. The summed E-state index contributed by atoms with van der Waals surface area (Å²) in [5, 5.41) is 11.5. The summed E-state index contributed by atoms with van der Waals surface area (Å²) < 4.78 is 1.80. The first-order valence-corrected chi connectivity index (χ1v) is 7.19. The molecule has 120 valence electrons. The standard InChI is InChI=1S/C17H14N4O3/c22-15(14-7-6-13(10-19-14)16(23)24)20-17-18-8-9-21(17)11-12-4-2-1-3-5-12/h1-10H,11H2,(H,23,24)(H,18,20,22). The largest absolute Gasteiger partial charge is 0.478 e. The molecule has 2 heterocycles. The average molecular weight is 322 g/mol. The molecular weight excluding hydrogens is 308 g/mol. The summed E-state index contributed by atoms with van der Waals surface area (Å²) in [7, 11) is 0. The summed E-state index contributed by atoms with van der Waals surface area (Å²) >= 11 is 0. The summed E-state index contributed by atoms with van der Waals surface area (Å²) in [6.45, 7) is 0.571. The van der Waals surface area contributed by atoms with E-state index in [4.69, 9.17) is 5.11 Å². The molecule has 7 heteroatoms. The minimum atomic E-state index is -1.09. The van der Waals surface area contributed by atoms with Crippen molar-refractivity contribution in [2.45, 2.75) is 6.54 Å². The number of anilines is 1. The number of nitrogens with zero attached hydrogens (tertiary/aromatic N) is 3. The molecule has 24 heavy (non-hydrogen) atoms. The van der Waals surface area contributed by atoms with Crippen molar-refractivity contribution in [2.75, 3.05) is 5.32 Å². The average Bonchev–Trinajstić information content (AvgIpc) is 3.02. The number of imidazole rings is 1. The predicted molar refractivity (Wildman–Crippen MR) is 86.9 cm³/mol. The molecule has 7 nitrogen and oxygen atoms in total. The second kappa shape index (κ2) is 6.74. The summed E-state index contributed by atoms with van der Waals surface area (Å²) in [5.74, 6) is -1.15. The van der Waals surface area contributed by atoms with Crippen molar-refractivity contribution in [2.24, 2.45) is 0 Å². The summed E-state index contributed by atoms with van der Waals surface area (Å²) in [6.07, 6.45) is 4.51. The number of amides is 1. The van der Waals surface area contributed by atoms with Crippen molar-refractivity contribution in [1.82, 2.24) is 14.5 Å². The van der Waals surface area contributed by atoms with E-state index in [1.807, 2.05) is 30.3 Å². The molecule has 1 aromatic carbocycles. The Balaban J connectivity index is 1.73. The molecule has 2 aromatic heterocycles. The number of hydrogen-bond acceptors (Lipinski definition) is 4. The summed E-state index contributed by atoms with van der Waals surface area (Å²) in [5.41, 5.74) is 1.22. The second-order valence-corrected chi connectivity index (χ2v) is 5.06. The zero-order chi connectivity index (χ0) is 16.9. The minimum Gasteiger partial charge on any atom is -0.478 e. The lowest BCUT2D eigenvalue weighted by molar-refractivity contribution is 0.0696. The van der Waals surface area contributed by atoms with E-state index in [-0.39, 0.29) is 11.3 Å². The summed E-state index contributed by atoms with van der Waals surface area (Å²) in [4.78, 5) is 31.0. The molecule has 0 aliphatic rings. The number of carbonyl (C=O) groups is 2. The molecule has 2 N–H and O–H groups in total. The lowest BCUT2D eigenvalue weighted by Crippen LogP contribution is -2.17. The van der Waals surface area contributed by atoms with Gasteiger partial charge in [-0.05, 0) is 17.7 Å². The Hall–Kier alpha value is -3.48. The molecule has 0 radical (unpaired) electrons. The van der Waals surface area contributed by atoms with Crippen LogP contribution in [0.25, 0.3) is 0 Å². The Morgan fingerprint density at radius 1 is 1.08 bits per heavy atom. The zero-order valence-electron chi connectivity index (χ0n) is 12.6.